The predicted molar refractivity (Wildman–Crippen MR) is 97.9 cm³/mol. The summed E-state index contributed by atoms with van der Waals surface area (Å²) >= 11 is 0. The number of hydrogen-bond donors (Lipinski definition) is 3. The molecule has 5 nitrogen and oxygen atoms in total. The molecule has 0 spiro atoms. The molecule has 126 valence electrons. The zero-order chi connectivity index (χ0) is 17.5. The van der Waals surface area contributed by atoms with Crippen LogP contribution in [0, 0.1) is 6.92 Å². The SMILES string of the molecule is CCCCc1ccc(NC(=O)C(=O)Nc2ccc(C)cc2N)cc1. The molecule has 0 aliphatic carbocycles. The minimum Gasteiger partial charge on any atom is -0.397 e. The summed E-state index contributed by atoms with van der Waals surface area (Å²) in [5.74, 6) is -1.48. The first-order valence-electron chi connectivity index (χ1n) is 8.07. The molecular weight excluding hydrogens is 302 g/mol. The van der Waals surface area contributed by atoms with Gasteiger partial charge in [-0.2, -0.15) is 0 Å². The molecule has 0 heterocycles. The van der Waals surface area contributed by atoms with E-state index in [1.165, 1.54) is 5.56 Å². The average molecular weight is 325 g/mol. The van der Waals surface area contributed by atoms with E-state index in [1.807, 2.05) is 25.1 Å². The van der Waals surface area contributed by atoms with Crippen molar-refractivity contribution >= 4 is 28.9 Å². The van der Waals surface area contributed by atoms with Crippen LogP contribution in [0.5, 0.6) is 0 Å². The predicted octanol–water partition coefficient (Wildman–Crippen LogP) is 3.50. The molecule has 0 saturated carbocycles. The van der Waals surface area contributed by atoms with E-state index in [0.717, 1.165) is 24.8 Å². The molecule has 0 fully saturated rings. The molecule has 2 aromatic rings. The maximum absolute atomic E-state index is 12.0. The Balaban J connectivity index is 1.94. The van der Waals surface area contributed by atoms with Gasteiger partial charge in [0, 0.05) is 5.69 Å². The Morgan fingerprint density at radius 3 is 2.29 bits per heavy atom. The number of benzene rings is 2. The Bertz CT molecular complexity index is 724. The van der Waals surface area contributed by atoms with Crippen LogP contribution >= 0.6 is 0 Å². The van der Waals surface area contributed by atoms with Crippen molar-refractivity contribution in [2.75, 3.05) is 16.4 Å². The molecule has 0 bridgehead atoms. The molecule has 0 aliphatic heterocycles. The molecule has 5 heteroatoms. The van der Waals surface area contributed by atoms with E-state index in [0.29, 0.717) is 17.1 Å². The van der Waals surface area contributed by atoms with Crippen molar-refractivity contribution in [1.82, 2.24) is 0 Å². The molecule has 0 aromatic heterocycles. The van der Waals surface area contributed by atoms with E-state index in [1.54, 1.807) is 24.3 Å². The first-order valence-corrected chi connectivity index (χ1v) is 8.07. The molecule has 4 N–H and O–H groups in total. The van der Waals surface area contributed by atoms with Gasteiger partial charge in [0.2, 0.25) is 0 Å². The molecular formula is C19H23N3O2. The lowest BCUT2D eigenvalue weighted by Gasteiger charge is -2.09. The Kier molecular flexibility index (Phi) is 5.95. The van der Waals surface area contributed by atoms with Crippen molar-refractivity contribution in [1.29, 1.82) is 0 Å². The van der Waals surface area contributed by atoms with Gasteiger partial charge in [0.25, 0.3) is 0 Å². The van der Waals surface area contributed by atoms with E-state index in [2.05, 4.69) is 17.6 Å². The Labute approximate surface area is 142 Å². The third-order valence-corrected chi connectivity index (χ3v) is 3.69. The number of nitrogen functional groups attached to an aromatic ring is 1. The molecule has 2 aromatic carbocycles. The monoisotopic (exact) mass is 325 g/mol. The molecule has 0 saturated heterocycles. The maximum Gasteiger partial charge on any atom is 0.314 e. The van der Waals surface area contributed by atoms with Gasteiger partial charge in [-0.1, -0.05) is 31.5 Å². The van der Waals surface area contributed by atoms with E-state index < -0.39 is 11.8 Å². The summed E-state index contributed by atoms with van der Waals surface area (Å²) in [5, 5.41) is 5.11. The highest BCUT2D eigenvalue weighted by molar-refractivity contribution is 6.43. The summed E-state index contributed by atoms with van der Waals surface area (Å²) in [5.41, 5.74) is 9.48. The molecule has 2 amide bonds. The van der Waals surface area contributed by atoms with E-state index >= 15 is 0 Å². The van der Waals surface area contributed by atoms with Gasteiger partial charge in [-0.25, -0.2) is 0 Å². The zero-order valence-corrected chi connectivity index (χ0v) is 14.1. The van der Waals surface area contributed by atoms with E-state index in [4.69, 9.17) is 5.73 Å². The number of carbonyl (C=O) groups excluding carboxylic acids is 2. The van der Waals surface area contributed by atoms with E-state index in [-0.39, 0.29) is 0 Å². The van der Waals surface area contributed by atoms with Gasteiger partial charge in [0.05, 0.1) is 11.4 Å². The number of unbranched alkanes of at least 4 members (excludes halogenated alkanes) is 1. The topological polar surface area (TPSA) is 84.2 Å². The highest BCUT2D eigenvalue weighted by Crippen LogP contribution is 2.19. The third kappa shape index (κ3) is 4.84. The fourth-order valence-electron chi connectivity index (χ4n) is 2.30. The van der Waals surface area contributed by atoms with Crippen LogP contribution in [0.1, 0.15) is 30.9 Å². The van der Waals surface area contributed by atoms with Gasteiger partial charge in [-0.15, -0.1) is 0 Å². The fourth-order valence-corrected chi connectivity index (χ4v) is 2.30. The highest BCUT2D eigenvalue weighted by Gasteiger charge is 2.15. The standard InChI is InChI=1S/C19H23N3O2/c1-3-4-5-14-7-9-15(10-8-14)21-18(23)19(24)22-17-11-6-13(2)12-16(17)20/h6-12H,3-5,20H2,1-2H3,(H,21,23)(H,22,24). The van der Waals surface area contributed by atoms with Crippen molar-refractivity contribution in [3.8, 4) is 0 Å². The lowest BCUT2D eigenvalue weighted by molar-refractivity contribution is -0.132. The Morgan fingerprint density at radius 2 is 1.67 bits per heavy atom. The number of nitrogens with one attached hydrogen (secondary N) is 2. The number of amides is 2. The lowest BCUT2D eigenvalue weighted by atomic mass is 10.1. The molecule has 0 atom stereocenters. The van der Waals surface area contributed by atoms with Crippen LogP contribution in [0.2, 0.25) is 0 Å². The summed E-state index contributed by atoms with van der Waals surface area (Å²) in [6.07, 6.45) is 3.28. The second kappa shape index (κ2) is 8.15. The first-order chi connectivity index (χ1) is 11.5. The van der Waals surface area contributed by atoms with Crippen LogP contribution < -0.4 is 16.4 Å². The van der Waals surface area contributed by atoms with Crippen LogP contribution in [-0.4, -0.2) is 11.8 Å². The largest absolute Gasteiger partial charge is 0.397 e. The van der Waals surface area contributed by atoms with Gasteiger partial charge in [0.15, 0.2) is 0 Å². The number of aryl methyl sites for hydroxylation is 2. The van der Waals surface area contributed by atoms with Crippen molar-refractivity contribution < 1.29 is 9.59 Å². The maximum atomic E-state index is 12.0. The number of nitrogens with two attached hydrogens (primary N) is 1. The third-order valence-electron chi connectivity index (χ3n) is 3.69. The number of rotatable bonds is 5. The summed E-state index contributed by atoms with van der Waals surface area (Å²) in [6.45, 7) is 4.05. The van der Waals surface area contributed by atoms with Crippen molar-refractivity contribution in [3.63, 3.8) is 0 Å². The second-order valence-corrected chi connectivity index (χ2v) is 5.80. The summed E-state index contributed by atoms with van der Waals surface area (Å²) in [6, 6.07) is 12.8. The van der Waals surface area contributed by atoms with Gasteiger partial charge < -0.3 is 16.4 Å². The van der Waals surface area contributed by atoms with Crippen molar-refractivity contribution in [2.45, 2.75) is 33.1 Å². The van der Waals surface area contributed by atoms with Crippen molar-refractivity contribution in [3.05, 3.63) is 53.6 Å². The highest BCUT2D eigenvalue weighted by atomic mass is 16.2. The molecule has 2 rings (SSSR count). The van der Waals surface area contributed by atoms with Gasteiger partial charge in [0.1, 0.15) is 0 Å². The van der Waals surface area contributed by atoms with Gasteiger partial charge >= 0.3 is 11.8 Å². The fraction of sp³-hybridized carbons (Fsp3) is 0.263. The van der Waals surface area contributed by atoms with Gasteiger partial charge in [-0.3, -0.25) is 9.59 Å². The summed E-state index contributed by atoms with van der Waals surface area (Å²) < 4.78 is 0. The second-order valence-electron chi connectivity index (χ2n) is 5.80. The average Bonchev–Trinajstić information content (AvgIpc) is 2.56. The minimum atomic E-state index is -0.749. The van der Waals surface area contributed by atoms with Crippen LogP contribution in [0.4, 0.5) is 17.1 Å². The molecule has 0 unspecified atom stereocenters. The number of hydrogen-bond acceptors (Lipinski definition) is 3. The van der Waals surface area contributed by atoms with Gasteiger partial charge in [-0.05, 0) is 55.2 Å². The van der Waals surface area contributed by atoms with Crippen molar-refractivity contribution in [2.24, 2.45) is 0 Å². The number of anilines is 3. The normalized spacial score (nSPS) is 10.2. The lowest BCUT2D eigenvalue weighted by Crippen LogP contribution is -2.29. The smallest absolute Gasteiger partial charge is 0.314 e. The Morgan fingerprint density at radius 1 is 1.00 bits per heavy atom. The van der Waals surface area contributed by atoms with Crippen LogP contribution in [0.15, 0.2) is 42.5 Å². The van der Waals surface area contributed by atoms with Crippen LogP contribution in [-0.2, 0) is 16.0 Å². The zero-order valence-electron chi connectivity index (χ0n) is 14.1. The van der Waals surface area contributed by atoms with Crippen LogP contribution in [0.25, 0.3) is 0 Å². The van der Waals surface area contributed by atoms with Crippen LogP contribution in [0.3, 0.4) is 0 Å². The summed E-state index contributed by atoms with van der Waals surface area (Å²) in [7, 11) is 0. The minimum absolute atomic E-state index is 0.427. The molecule has 0 radical (unpaired) electrons. The Hall–Kier alpha value is -2.82. The number of carbonyl (C=O) groups is 2. The van der Waals surface area contributed by atoms with E-state index in [9.17, 15) is 9.59 Å². The quantitative estimate of drug-likeness (QED) is 0.581. The molecule has 24 heavy (non-hydrogen) atoms. The first kappa shape index (κ1) is 17.5. The summed E-state index contributed by atoms with van der Waals surface area (Å²) in [4.78, 5) is 24.0. The molecule has 0 aliphatic rings.